The van der Waals surface area contributed by atoms with Crippen LogP contribution in [0.4, 0.5) is 5.69 Å². The molecule has 33 heavy (non-hydrogen) atoms. The number of hydrogen-bond acceptors (Lipinski definition) is 12. The maximum Gasteiger partial charge on any atom is 0.334 e. The van der Waals surface area contributed by atoms with E-state index in [0.29, 0.717) is 10.3 Å². The van der Waals surface area contributed by atoms with Crippen LogP contribution in [0.5, 0.6) is 0 Å². The van der Waals surface area contributed by atoms with Crippen molar-refractivity contribution in [1.82, 2.24) is 50.4 Å². The van der Waals surface area contributed by atoms with Gasteiger partial charge >= 0.3 is 5.69 Å². The van der Waals surface area contributed by atoms with Crippen LogP contribution in [0.25, 0.3) is 0 Å². The van der Waals surface area contributed by atoms with Gasteiger partial charge in [0.05, 0.1) is 17.0 Å². The van der Waals surface area contributed by atoms with E-state index in [2.05, 4.69) is 41.0 Å². The van der Waals surface area contributed by atoms with Gasteiger partial charge in [0, 0.05) is 0 Å². The summed E-state index contributed by atoms with van der Waals surface area (Å²) in [5.74, 6) is 0. The number of aromatic nitrogens is 10. The average Bonchev–Trinajstić information content (AvgIpc) is 3.50. The molecule has 13 nitrogen and oxygen atoms in total. The highest BCUT2D eigenvalue weighted by atomic mass is 32.2. The molecule has 2 saturated carbocycles. The number of nitro groups is 1. The first-order valence-corrected chi connectivity index (χ1v) is 12.7. The van der Waals surface area contributed by atoms with E-state index in [-0.39, 0.29) is 27.8 Å². The fourth-order valence-corrected chi connectivity index (χ4v) is 6.30. The molecule has 2 aliphatic carbocycles. The van der Waals surface area contributed by atoms with Crippen LogP contribution in [0.1, 0.15) is 76.3 Å². The monoisotopic (exact) mass is 489 g/mol. The third-order valence-electron chi connectivity index (χ3n) is 6.08. The van der Waals surface area contributed by atoms with Crippen LogP contribution >= 0.6 is 23.5 Å². The topological polar surface area (TPSA) is 156 Å². The van der Waals surface area contributed by atoms with Gasteiger partial charge in [-0.2, -0.15) is 0 Å². The molecule has 5 rings (SSSR count). The standard InChI is InChI=1S/C18H23N11O2S2/c30-29(31)14-15(32-17-21-23-25-27(17)12-7-3-1-4-8-12)19-11-20-16(14)33-18-22-24-26-28(18)13-9-5-2-6-10-13/h11-13H,1-10H2. The van der Waals surface area contributed by atoms with Crippen molar-refractivity contribution in [3.8, 4) is 0 Å². The summed E-state index contributed by atoms with van der Waals surface area (Å²) >= 11 is 2.18. The summed E-state index contributed by atoms with van der Waals surface area (Å²) in [5.41, 5.74) is -0.191. The third-order valence-corrected chi connectivity index (χ3v) is 7.97. The smallest absolute Gasteiger partial charge is 0.258 e. The average molecular weight is 490 g/mol. The van der Waals surface area contributed by atoms with E-state index in [0.717, 1.165) is 74.9 Å². The van der Waals surface area contributed by atoms with Crippen molar-refractivity contribution >= 4 is 29.2 Å². The number of hydrogen-bond donors (Lipinski definition) is 0. The van der Waals surface area contributed by atoms with Gasteiger partial charge in [-0.1, -0.05) is 38.5 Å². The van der Waals surface area contributed by atoms with Gasteiger partial charge in [0.1, 0.15) is 6.33 Å². The molecule has 0 unspecified atom stereocenters. The lowest BCUT2D eigenvalue weighted by Gasteiger charge is -2.22. The molecule has 0 radical (unpaired) electrons. The molecule has 0 aromatic carbocycles. The summed E-state index contributed by atoms with van der Waals surface area (Å²) in [5, 5.41) is 37.5. The molecule has 0 aliphatic heterocycles. The highest BCUT2D eigenvalue weighted by Gasteiger charge is 2.30. The second-order valence-electron chi connectivity index (χ2n) is 8.19. The van der Waals surface area contributed by atoms with Crippen molar-refractivity contribution < 1.29 is 4.92 Å². The molecule has 0 atom stereocenters. The predicted molar refractivity (Wildman–Crippen MR) is 117 cm³/mol. The van der Waals surface area contributed by atoms with E-state index in [9.17, 15) is 10.1 Å². The van der Waals surface area contributed by atoms with Crippen molar-refractivity contribution in [2.24, 2.45) is 0 Å². The van der Waals surface area contributed by atoms with Gasteiger partial charge in [-0.3, -0.25) is 10.1 Å². The van der Waals surface area contributed by atoms with Crippen LogP contribution in [-0.4, -0.2) is 55.3 Å². The number of rotatable bonds is 7. The molecule has 0 N–H and O–H groups in total. The maximum atomic E-state index is 12.1. The predicted octanol–water partition coefficient (Wildman–Crippen LogP) is 3.67. The van der Waals surface area contributed by atoms with Crippen LogP contribution in [0.15, 0.2) is 26.7 Å². The molecule has 15 heteroatoms. The minimum absolute atomic E-state index is 0.191. The summed E-state index contributed by atoms with van der Waals surface area (Å²) < 4.78 is 3.54. The van der Waals surface area contributed by atoms with Crippen LogP contribution in [0.3, 0.4) is 0 Å². The minimum Gasteiger partial charge on any atom is -0.258 e. The third kappa shape index (κ3) is 4.83. The van der Waals surface area contributed by atoms with E-state index in [4.69, 9.17) is 0 Å². The Kier molecular flexibility index (Phi) is 6.75. The summed E-state index contributed by atoms with van der Waals surface area (Å²) in [7, 11) is 0. The van der Waals surface area contributed by atoms with Crippen molar-refractivity contribution in [3.05, 3.63) is 16.4 Å². The first-order valence-electron chi connectivity index (χ1n) is 11.1. The van der Waals surface area contributed by atoms with E-state index in [1.807, 2.05) is 0 Å². The van der Waals surface area contributed by atoms with Crippen LogP contribution in [-0.2, 0) is 0 Å². The van der Waals surface area contributed by atoms with Gasteiger partial charge in [0.2, 0.25) is 10.3 Å². The molecule has 2 fully saturated rings. The molecule has 3 aromatic heterocycles. The van der Waals surface area contributed by atoms with Gasteiger partial charge in [0.15, 0.2) is 10.1 Å². The summed E-state index contributed by atoms with van der Waals surface area (Å²) in [6, 6.07) is 0.400. The Hall–Kier alpha value is -2.68. The van der Waals surface area contributed by atoms with Crippen LogP contribution < -0.4 is 0 Å². The van der Waals surface area contributed by atoms with Crippen molar-refractivity contribution in [3.63, 3.8) is 0 Å². The highest BCUT2D eigenvalue weighted by Crippen LogP contribution is 2.41. The van der Waals surface area contributed by atoms with Gasteiger partial charge in [-0.15, -0.1) is 10.2 Å². The Labute approximate surface area is 197 Å². The van der Waals surface area contributed by atoms with Gasteiger partial charge in [-0.05, 0) is 70.1 Å². The molecule has 3 aromatic rings. The number of tetrazole rings is 2. The summed E-state index contributed by atoms with van der Waals surface area (Å²) in [6.45, 7) is 0. The van der Waals surface area contributed by atoms with E-state index < -0.39 is 4.92 Å². The Balaban J connectivity index is 1.42. The minimum atomic E-state index is -0.464. The fourth-order valence-electron chi connectivity index (χ4n) is 4.44. The summed E-state index contributed by atoms with van der Waals surface area (Å²) in [4.78, 5) is 20.0. The van der Waals surface area contributed by atoms with Crippen molar-refractivity contribution in [2.75, 3.05) is 0 Å². The zero-order valence-corrected chi connectivity index (χ0v) is 19.5. The lowest BCUT2D eigenvalue weighted by Crippen LogP contribution is -2.15. The molecule has 174 valence electrons. The maximum absolute atomic E-state index is 12.1. The normalized spacial score (nSPS) is 17.9. The van der Waals surface area contributed by atoms with Crippen molar-refractivity contribution in [2.45, 2.75) is 96.7 Å². The van der Waals surface area contributed by atoms with Gasteiger partial charge in [0.25, 0.3) is 0 Å². The SMILES string of the molecule is O=[N+]([O-])c1c(Sc2nnnn2C2CCCCC2)ncnc1Sc1nnnn1C1CCCCC1. The Morgan fingerprint density at radius 3 is 1.67 bits per heavy atom. The van der Waals surface area contributed by atoms with Crippen LogP contribution in [0, 0.1) is 10.1 Å². The molecule has 3 heterocycles. The van der Waals surface area contributed by atoms with E-state index in [1.54, 1.807) is 9.36 Å². The second kappa shape index (κ2) is 10.1. The Morgan fingerprint density at radius 2 is 1.24 bits per heavy atom. The van der Waals surface area contributed by atoms with Crippen LogP contribution in [0.2, 0.25) is 0 Å². The Morgan fingerprint density at radius 1 is 0.788 bits per heavy atom. The first kappa shape index (κ1) is 22.1. The molecular formula is C18H23N11O2S2. The number of nitrogens with zero attached hydrogens (tertiary/aromatic N) is 11. The first-order chi connectivity index (χ1) is 16.2. The fraction of sp³-hybridized carbons (Fsp3) is 0.667. The largest absolute Gasteiger partial charge is 0.334 e. The molecular weight excluding hydrogens is 466 g/mol. The lowest BCUT2D eigenvalue weighted by atomic mass is 9.96. The molecule has 0 amide bonds. The molecule has 0 bridgehead atoms. The van der Waals surface area contributed by atoms with E-state index >= 15 is 0 Å². The zero-order valence-electron chi connectivity index (χ0n) is 17.9. The quantitative estimate of drug-likeness (QED) is 0.270. The molecule has 0 spiro atoms. The second-order valence-corrected chi connectivity index (χ2v) is 10.1. The van der Waals surface area contributed by atoms with Crippen molar-refractivity contribution in [1.29, 1.82) is 0 Å². The van der Waals surface area contributed by atoms with Gasteiger partial charge < -0.3 is 0 Å². The Bertz CT molecular complexity index is 1030. The lowest BCUT2D eigenvalue weighted by molar-refractivity contribution is -0.391. The summed E-state index contributed by atoms with van der Waals surface area (Å²) in [6.07, 6.45) is 12.2. The molecule has 2 aliphatic rings. The molecule has 0 saturated heterocycles. The van der Waals surface area contributed by atoms with Gasteiger partial charge in [-0.25, -0.2) is 19.3 Å². The zero-order chi connectivity index (χ0) is 22.6. The highest BCUT2D eigenvalue weighted by molar-refractivity contribution is 8.00. The van der Waals surface area contributed by atoms with E-state index in [1.165, 1.54) is 19.2 Å².